The number of benzene rings is 1. The van der Waals surface area contributed by atoms with E-state index in [2.05, 4.69) is 31.6 Å². The maximum atomic E-state index is 13.0. The van der Waals surface area contributed by atoms with Crippen LogP contribution in [0.2, 0.25) is 0 Å². The first kappa shape index (κ1) is 15.5. The second kappa shape index (κ2) is 6.56. The van der Waals surface area contributed by atoms with E-state index in [0.717, 1.165) is 6.07 Å². The van der Waals surface area contributed by atoms with Crippen LogP contribution in [0.1, 0.15) is 0 Å². The molecule has 1 rings (SSSR count). The smallest absolute Gasteiger partial charge is 0.389 e. The molecule has 0 bridgehead atoms. The lowest BCUT2D eigenvalue weighted by molar-refractivity contribution is -0.347. The molecule has 0 amide bonds. The summed E-state index contributed by atoms with van der Waals surface area (Å²) in [6.07, 6.45) is 0. The summed E-state index contributed by atoms with van der Waals surface area (Å²) in [5.41, 5.74) is -0.707. The molecule has 0 aliphatic carbocycles. The topological polar surface area (TPSA) is 144 Å². The number of hydrogen-bond acceptors (Lipinski definition) is 7. The van der Waals surface area contributed by atoms with Crippen LogP contribution in [0.25, 0.3) is 0 Å². The summed E-state index contributed by atoms with van der Waals surface area (Å²) in [5.74, 6) is -2.48. The standard InChI is InChI=1S/C9H7BrFN5O4/c10-5-3-4(1-2-6(5)11)13-9(15-18)7(14-17)8(12)16(19)20/h1-3,12,17-18H,(H,13,15)/b12-8?,14-7+. The van der Waals surface area contributed by atoms with E-state index in [1.54, 1.807) is 0 Å². The molecule has 9 nitrogen and oxygen atoms in total. The number of amidine groups is 2. The van der Waals surface area contributed by atoms with Gasteiger partial charge in [-0.1, -0.05) is 15.7 Å². The van der Waals surface area contributed by atoms with Gasteiger partial charge in [0.1, 0.15) is 5.82 Å². The molecular formula is C9H7BrFN5O4. The van der Waals surface area contributed by atoms with Gasteiger partial charge >= 0.3 is 5.84 Å². The molecule has 0 spiro atoms. The lowest BCUT2D eigenvalue weighted by Crippen LogP contribution is -2.34. The molecule has 4 N–H and O–H groups in total. The third kappa shape index (κ3) is 3.47. The Morgan fingerprint density at radius 3 is 2.55 bits per heavy atom. The van der Waals surface area contributed by atoms with Gasteiger partial charge in [-0.05, 0) is 39.1 Å². The predicted molar refractivity (Wildman–Crippen MR) is 70.9 cm³/mol. The van der Waals surface area contributed by atoms with Crippen LogP contribution in [0, 0.1) is 21.3 Å². The van der Waals surface area contributed by atoms with E-state index in [-0.39, 0.29) is 10.2 Å². The maximum Gasteiger partial charge on any atom is 0.389 e. The van der Waals surface area contributed by atoms with Gasteiger partial charge in [-0.25, -0.2) is 4.39 Å². The van der Waals surface area contributed by atoms with E-state index in [4.69, 9.17) is 15.8 Å². The Kier molecular flexibility index (Phi) is 5.08. The quantitative estimate of drug-likeness (QED) is 0.217. The summed E-state index contributed by atoms with van der Waals surface area (Å²) in [6.45, 7) is 0. The highest BCUT2D eigenvalue weighted by atomic mass is 79.9. The first-order valence-corrected chi connectivity index (χ1v) is 5.59. The molecular weight excluding hydrogens is 341 g/mol. The van der Waals surface area contributed by atoms with Crippen LogP contribution < -0.4 is 5.32 Å². The molecule has 0 radical (unpaired) electrons. The van der Waals surface area contributed by atoms with Gasteiger partial charge in [-0.2, -0.15) is 0 Å². The van der Waals surface area contributed by atoms with Gasteiger partial charge < -0.3 is 25.8 Å². The van der Waals surface area contributed by atoms with Crippen molar-refractivity contribution in [2.75, 3.05) is 5.32 Å². The molecule has 0 aliphatic heterocycles. The Labute approximate surface area is 119 Å². The second-order valence-electron chi connectivity index (χ2n) is 3.26. The molecule has 20 heavy (non-hydrogen) atoms. The first-order chi connectivity index (χ1) is 9.40. The predicted octanol–water partition coefficient (Wildman–Crippen LogP) is 1.87. The summed E-state index contributed by atoms with van der Waals surface area (Å²) in [5, 5.41) is 42.5. The van der Waals surface area contributed by atoms with Crippen molar-refractivity contribution in [2.45, 2.75) is 0 Å². The molecule has 0 saturated heterocycles. The Balaban J connectivity index is 3.06. The van der Waals surface area contributed by atoms with Gasteiger partial charge in [0.25, 0.3) is 0 Å². The van der Waals surface area contributed by atoms with Gasteiger partial charge in [0, 0.05) is 5.69 Å². The van der Waals surface area contributed by atoms with Crippen LogP contribution >= 0.6 is 15.9 Å². The number of rotatable bonds is 3. The van der Waals surface area contributed by atoms with E-state index in [9.17, 15) is 14.5 Å². The van der Waals surface area contributed by atoms with Gasteiger partial charge in [-0.3, -0.25) is 0 Å². The molecule has 1 aromatic rings. The Morgan fingerprint density at radius 1 is 1.45 bits per heavy atom. The number of nitro groups is 1. The van der Waals surface area contributed by atoms with Gasteiger partial charge in [-0.15, -0.1) is 0 Å². The average Bonchev–Trinajstić information content (AvgIpc) is 2.42. The third-order valence-electron chi connectivity index (χ3n) is 2.01. The molecule has 0 atom stereocenters. The normalized spacial score (nSPS) is 12.1. The molecule has 0 fully saturated rings. The summed E-state index contributed by atoms with van der Waals surface area (Å²) in [7, 11) is 0. The molecule has 0 aliphatic rings. The van der Waals surface area contributed by atoms with Crippen molar-refractivity contribution in [3.05, 3.63) is 38.6 Å². The molecule has 0 aromatic heterocycles. The van der Waals surface area contributed by atoms with Crippen molar-refractivity contribution in [3.8, 4) is 0 Å². The summed E-state index contributed by atoms with van der Waals surface area (Å²) in [4.78, 5) is 9.30. The highest BCUT2D eigenvalue weighted by Gasteiger charge is 2.26. The minimum absolute atomic E-state index is 0.0895. The van der Waals surface area contributed by atoms with Crippen LogP contribution in [0.5, 0.6) is 0 Å². The van der Waals surface area contributed by atoms with E-state index in [1.165, 1.54) is 12.1 Å². The largest absolute Gasteiger partial charge is 0.410 e. The van der Waals surface area contributed by atoms with Crippen molar-refractivity contribution in [3.63, 3.8) is 0 Å². The molecule has 0 heterocycles. The van der Waals surface area contributed by atoms with Crippen molar-refractivity contribution < 1.29 is 19.7 Å². The average molecular weight is 348 g/mol. The maximum absolute atomic E-state index is 13.0. The summed E-state index contributed by atoms with van der Waals surface area (Å²) >= 11 is 2.92. The monoisotopic (exact) mass is 347 g/mol. The zero-order valence-electron chi connectivity index (χ0n) is 9.54. The SMILES string of the molecule is N=C(C(=N\O)/C(=N/O)Nc1ccc(F)c(Br)c1)[N+](=O)[O-]. The summed E-state index contributed by atoms with van der Waals surface area (Å²) < 4.78 is 13.1. The van der Waals surface area contributed by atoms with Crippen molar-refractivity contribution >= 4 is 39.0 Å². The van der Waals surface area contributed by atoms with Crippen LogP contribution in [0.15, 0.2) is 33.0 Å². The molecule has 0 unspecified atom stereocenters. The molecule has 1 aromatic carbocycles. The lowest BCUT2D eigenvalue weighted by atomic mass is 10.2. The van der Waals surface area contributed by atoms with Gasteiger partial charge in [0.2, 0.25) is 11.5 Å². The van der Waals surface area contributed by atoms with E-state index in [1.807, 2.05) is 0 Å². The van der Waals surface area contributed by atoms with Crippen LogP contribution in [0.3, 0.4) is 0 Å². The number of hydrogen-bond donors (Lipinski definition) is 4. The second-order valence-corrected chi connectivity index (χ2v) is 4.11. The highest BCUT2D eigenvalue weighted by molar-refractivity contribution is 9.10. The van der Waals surface area contributed by atoms with Crippen molar-refractivity contribution in [2.24, 2.45) is 10.3 Å². The first-order valence-electron chi connectivity index (χ1n) is 4.80. The Hall–Kier alpha value is -2.56. The molecule has 11 heteroatoms. The van der Waals surface area contributed by atoms with Crippen molar-refractivity contribution in [1.82, 2.24) is 0 Å². The number of nitrogens with one attached hydrogen (secondary N) is 2. The highest BCUT2D eigenvalue weighted by Crippen LogP contribution is 2.20. The number of nitrogens with zero attached hydrogens (tertiary/aromatic N) is 3. The number of anilines is 1. The van der Waals surface area contributed by atoms with E-state index < -0.39 is 28.1 Å². The summed E-state index contributed by atoms with van der Waals surface area (Å²) in [6, 6.07) is 3.58. The third-order valence-corrected chi connectivity index (χ3v) is 2.62. The zero-order chi connectivity index (χ0) is 15.3. The number of halogens is 2. The van der Waals surface area contributed by atoms with Crippen LogP contribution in [-0.4, -0.2) is 32.7 Å². The minimum Gasteiger partial charge on any atom is -0.410 e. The van der Waals surface area contributed by atoms with Gasteiger partial charge in [0.05, 0.1) is 4.47 Å². The van der Waals surface area contributed by atoms with E-state index >= 15 is 0 Å². The fourth-order valence-electron chi connectivity index (χ4n) is 1.14. The lowest BCUT2D eigenvalue weighted by Gasteiger charge is -2.08. The minimum atomic E-state index is -1.28. The van der Waals surface area contributed by atoms with E-state index in [0.29, 0.717) is 0 Å². The van der Waals surface area contributed by atoms with Gasteiger partial charge in [0.15, 0.2) is 0 Å². The zero-order valence-corrected chi connectivity index (χ0v) is 11.1. The number of oxime groups is 2. The molecule has 106 valence electrons. The fourth-order valence-corrected chi connectivity index (χ4v) is 1.51. The van der Waals surface area contributed by atoms with Crippen molar-refractivity contribution in [1.29, 1.82) is 5.41 Å². The van der Waals surface area contributed by atoms with Crippen LogP contribution in [-0.2, 0) is 0 Å². The Morgan fingerprint density at radius 2 is 2.10 bits per heavy atom. The van der Waals surface area contributed by atoms with Crippen LogP contribution in [0.4, 0.5) is 10.1 Å². The Bertz CT molecular complexity index is 618. The molecule has 0 saturated carbocycles. The fraction of sp³-hybridized carbons (Fsp3) is 0.